The Hall–Kier alpha value is -1.32. The summed E-state index contributed by atoms with van der Waals surface area (Å²) in [4.78, 5) is 0. The molecule has 0 aromatic heterocycles. The van der Waals surface area contributed by atoms with Gasteiger partial charge in [-0.1, -0.05) is 0 Å². The monoisotopic (exact) mass is 286 g/mol. The van der Waals surface area contributed by atoms with E-state index in [0.29, 0.717) is 11.5 Å². The first-order chi connectivity index (χ1) is 8.62. The van der Waals surface area contributed by atoms with Crippen molar-refractivity contribution >= 4 is 23.5 Å². The maximum Gasteiger partial charge on any atom is 0.103 e. The molecule has 0 atom stereocenters. The van der Waals surface area contributed by atoms with Crippen LogP contribution in [0.15, 0.2) is 21.2 Å². The molecule has 0 saturated carbocycles. The fourth-order valence-corrected chi connectivity index (χ4v) is 2.13. The van der Waals surface area contributed by atoms with Crippen LogP contribution in [-0.4, -0.2) is 34.9 Å². The van der Waals surface area contributed by atoms with Crippen molar-refractivity contribution in [1.29, 1.82) is 10.5 Å². The summed E-state index contributed by atoms with van der Waals surface area (Å²) >= 11 is 2.16. The highest BCUT2D eigenvalue weighted by Gasteiger charge is 2.14. The highest BCUT2D eigenvalue weighted by molar-refractivity contribution is 8.03. The largest absolute Gasteiger partial charge is 0.396 e. The van der Waals surface area contributed by atoms with Gasteiger partial charge in [-0.25, -0.2) is 0 Å². The zero-order chi connectivity index (χ0) is 14.0. The van der Waals surface area contributed by atoms with E-state index in [-0.39, 0.29) is 34.4 Å². The van der Waals surface area contributed by atoms with E-state index in [2.05, 4.69) is 0 Å². The van der Waals surface area contributed by atoms with Crippen LogP contribution in [0, 0.1) is 22.7 Å². The molecule has 0 fully saturated rings. The SMILES string of the molecule is N#CC(=C(N)SCCO)C(C#N)=C(N)SCCO. The Morgan fingerprint density at radius 2 is 1.22 bits per heavy atom. The van der Waals surface area contributed by atoms with Gasteiger partial charge < -0.3 is 21.7 Å². The molecule has 0 bridgehead atoms. The topological polar surface area (TPSA) is 140 Å². The van der Waals surface area contributed by atoms with Gasteiger partial charge in [0.05, 0.1) is 23.3 Å². The Kier molecular flexibility index (Phi) is 8.97. The molecule has 0 amide bonds. The molecule has 0 unspecified atom stereocenters. The minimum absolute atomic E-state index is 0.00103. The minimum Gasteiger partial charge on any atom is -0.396 e. The van der Waals surface area contributed by atoms with Crippen LogP contribution in [0.2, 0.25) is 0 Å². The van der Waals surface area contributed by atoms with Crippen molar-refractivity contribution in [2.75, 3.05) is 24.7 Å². The predicted molar refractivity (Wildman–Crippen MR) is 72.7 cm³/mol. The van der Waals surface area contributed by atoms with Gasteiger partial charge in [0.1, 0.15) is 23.3 Å². The molecule has 0 aliphatic rings. The van der Waals surface area contributed by atoms with Gasteiger partial charge in [-0.05, 0) is 0 Å². The van der Waals surface area contributed by atoms with Crippen LogP contribution in [0.1, 0.15) is 0 Å². The van der Waals surface area contributed by atoms with Gasteiger partial charge in [-0.3, -0.25) is 0 Å². The molecule has 0 heterocycles. The molecule has 0 radical (unpaired) electrons. The Labute approximate surface area is 114 Å². The van der Waals surface area contributed by atoms with Crippen LogP contribution in [0.5, 0.6) is 0 Å². The molecule has 18 heavy (non-hydrogen) atoms. The van der Waals surface area contributed by atoms with E-state index in [4.69, 9.17) is 32.2 Å². The number of nitrogens with zero attached hydrogens (tertiary/aromatic N) is 2. The van der Waals surface area contributed by atoms with E-state index >= 15 is 0 Å². The number of aliphatic hydroxyl groups excluding tert-OH is 2. The van der Waals surface area contributed by atoms with Gasteiger partial charge >= 0.3 is 0 Å². The standard InChI is InChI=1S/C10H14N4O2S2/c11-5-7(9(13)17-3-1-15)8(6-12)10(14)18-4-2-16/h15-16H,1-4,13-14H2. The Morgan fingerprint density at radius 3 is 1.44 bits per heavy atom. The molecule has 0 saturated heterocycles. The van der Waals surface area contributed by atoms with E-state index < -0.39 is 0 Å². The third kappa shape index (κ3) is 5.34. The quantitative estimate of drug-likeness (QED) is 0.373. The summed E-state index contributed by atoms with van der Waals surface area (Å²) in [6.45, 7) is -0.158. The summed E-state index contributed by atoms with van der Waals surface area (Å²) in [6, 6.07) is 3.67. The molecule has 0 rings (SSSR count). The maximum atomic E-state index is 9.01. The van der Waals surface area contributed by atoms with E-state index in [9.17, 15) is 0 Å². The molecule has 0 aromatic rings. The van der Waals surface area contributed by atoms with Crippen molar-refractivity contribution < 1.29 is 10.2 Å². The number of allylic oxidation sites excluding steroid dienone is 2. The Balaban J connectivity index is 5.24. The lowest BCUT2D eigenvalue weighted by molar-refractivity contribution is 0.322. The van der Waals surface area contributed by atoms with Crippen molar-refractivity contribution in [3.05, 3.63) is 21.2 Å². The van der Waals surface area contributed by atoms with Crippen LogP contribution in [-0.2, 0) is 0 Å². The van der Waals surface area contributed by atoms with Gasteiger partial charge in [0.15, 0.2) is 0 Å². The molecular weight excluding hydrogens is 272 g/mol. The number of nitrogens with two attached hydrogens (primary N) is 2. The fourth-order valence-electron chi connectivity index (χ4n) is 0.924. The zero-order valence-electron chi connectivity index (χ0n) is 9.59. The predicted octanol–water partition coefficient (Wildman–Crippen LogP) is -0.175. The summed E-state index contributed by atoms with van der Waals surface area (Å²) in [5.74, 6) is 0.665. The average molecular weight is 286 g/mol. The number of rotatable bonds is 7. The third-order valence-electron chi connectivity index (χ3n) is 1.66. The molecular formula is C10H14N4O2S2. The summed E-state index contributed by atoms with van der Waals surface area (Å²) < 4.78 is 0. The lowest BCUT2D eigenvalue weighted by Crippen LogP contribution is -2.07. The summed E-state index contributed by atoms with van der Waals surface area (Å²) in [7, 11) is 0. The second-order valence-corrected chi connectivity index (χ2v) is 5.12. The van der Waals surface area contributed by atoms with Crippen LogP contribution in [0.25, 0.3) is 0 Å². The maximum absolute atomic E-state index is 9.01. The third-order valence-corrected chi connectivity index (χ3v) is 3.47. The average Bonchev–Trinajstić information content (AvgIpc) is 2.39. The summed E-state index contributed by atoms with van der Waals surface area (Å²) in [5, 5.41) is 35.7. The van der Waals surface area contributed by atoms with Crippen LogP contribution in [0.4, 0.5) is 0 Å². The van der Waals surface area contributed by atoms with Crippen molar-refractivity contribution in [2.45, 2.75) is 0 Å². The zero-order valence-corrected chi connectivity index (χ0v) is 11.2. The molecule has 98 valence electrons. The van der Waals surface area contributed by atoms with Crippen molar-refractivity contribution in [2.24, 2.45) is 11.5 Å². The lowest BCUT2D eigenvalue weighted by atomic mass is 10.1. The Bertz CT molecular complexity index is 381. The number of hydrogen-bond acceptors (Lipinski definition) is 8. The first-order valence-corrected chi connectivity index (χ1v) is 6.86. The van der Waals surface area contributed by atoms with Crippen molar-refractivity contribution in [1.82, 2.24) is 0 Å². The van der Waals surface area contributed by atoms with Gasteiger partial charge in [0.2, 0.25) is 0 Å². The molecule has 0 spiro atoms. The smallest absolute Gasteiger partial charge is 0.103 e. The minimum atomic E-state index is -0.0789. The van der Waals surface area contributed by atoms with E-state index in [1.165, 1.54) is 0 Å². The van der Waals surface area contributed by atoms with Crippen LogP contribution < -0.4 is 11.5 Å². The molecule has 0 aromatic carbocycles. The van der Waals surface area contributed by atoms with Gasteiger partial charge in [0, 0.05) is 11.5 Å². The van der Waals surface area contributed by atoms with E-state index in [0.717, 1.165) is 23.5 Å². The fraction of sp³-hybridized carbons (Fsp3) is 0.400. The first kappa shape index (κ1) is 16.7. The number of hydrogen-bond donors (Lipinski definition) is 4. The van der Waals surface area contributed by atoms with E-state index in [1.807, 2.05) is 12.1 Å². The van der Waals surface area contributed by atoms with Gasteiger partial charge in [-0.2, -0.15) is 10.5 Å². The summed E-state index contributed by atoms with van der Waals surface area (Å²) in [5.41, 5.74) is 11.3. The molecule has 0 aliphatic carbocycles. The molecule has 6 N–H and O–H groups in total. The number of thioether (sulfide) groups is 2. The summed E-state index contributed by atoms with van der Waals surface area (Å²) in [6.07, 6.45) is 0. The van der Waals surface area contributed by atoms with Crippen molar-refractivity contribution in [3.63, 3.8) is 0 Å². The van der Waals surface area contributed by atoms with Crippen LogP contribution >= 0.6 is 23.5 Å². The number of aliphatic hydroxyl groups is 2. The van der Waals surface area contributed by atoms with Crippen molar-refractivity contribution in [3.8, 4) is 12.1 Å². The molecule has 8 heteroatoms. The number of nitriles is 2. The van der Waals surface area contributed by atoms with Crippen LogP contribution in [0.3, 0.4) is 0 Å². The van der Waals surface area contributed by atoms with Gasteiger partial charge in [0.25, 0.3) is 0 Å². The first-order valence-electron chi connectivity index (χ1n) is 4.89. The molecule has 0 aliphatic heterocycles. The van der Waals surface area contributed by atoms with E-state index in [1.54, 1.807) is 0 Å². The second kappa shape index (κ2) is 9.68. The molecule has 6 nitrogen and oxygen atoms in total. The second-order valence-electron chi connectivity index (χ2n) is 2.85. The highest BCUT2D eigenvalue weighted by Crippen LogP contribution is 2.24. The highest BCUT2D eigenvalue weighted by atomic mass is 32.2. The lowest BCUT2D eigenvalue weighted by Gasteiger charge is -2.06. The normalized spacial score (nSPS) is 13.1. The Morgan fingerprint density at radius 1 is 0.889 bits per heavy atom. The van der Waals surface area contributed by atoms with Gasteiger partial charge in [-0.15, -0.1) is 23.5 Å².